The van der Waals surface area contributed by atoms with E-state index in [-0.39, 0.29) is 0 Å². The Morgan fingerprint density at radius 2 is 2.17 bits per heavy atom. The molecule has 2 aromatic rings. The molecule has 0 unspecified atom stereocenters. The Morgan fingerprint density at radius 3 is 2.88 bits per heavy atom. The van der Waals surface area contributed by atoms with Gasteiger partial charge in [-0.15, -0.1) is 11.3 Å². The Morgan fingerprint density at radius 1 is 1.29 bits per heavy atom. The van der Waals surface area contributed by atoms with E-state index in [0.29, 0.717) is 12.1 Å². The largest absolute Gasteiger partial charge is 0.379 e. The Kier molecular flexibility index (Phi) is 4.98. The third-order valence-corrected chi connectivity index (χ3v) is 6.14. The summed E-state index contributed by atoms with van der Waals surface area (Å²) in [5, 5.41) is 6.55. The molecule has 2 fully saturated rings. The minimum absolute atomic E-state index is 0.564. The highest BCUT2D eigenvalue weighted by atomic mass is 32.1. The standard InChI is InChI=1S/C18H26N4OS/c1-20-13-15(12-19-20)11-18-17(21-6-8-23-9-7-21)4-5-22(18)14-16-3-2-10-24-16/h2-3,10,12-13,17-18H,4-9,11,14H2,1H3/t17-,18+/m1/s1. The summed E-state index contributed by atoms with van der Waals surface area (Å²) in [4.78, 5) is 6.80. The monoisotopic (exact) mass is 346 g/mol. The van der Waals surface area contributed by atoms with Gasteiger partial charge in [0.25, 0.3) is 0 Å². The van der Waals surface area contributed by atoms with Gasteiger partial charge in [-0.25, -0.2) is 0 Å². The number of thiophene rings is 1. The Hall–Kier alpha value is -1.21. The molecule has 2 aliphatic rings. The quantitative estimate of drug-likeness (QED) is 0.829. The minimum atomic E-state index is 0.564. The summed E-state index contributed by atoms with van der Waals surface area (Å²) in [6.07, 6.45) is 6.54. The van der Waals surface area contributed by atoms with Crippen LogP contribution in [0.4, 0.5) is 0 Å². The lowest BCUT2D eigenvalue weighted by Crippen LogP contribution is -2.50. The van der Waals surface area contributed by atoms with Gasteiger partial charge in [-0.1, -0.05) is 6.07 Å². The van der Waals surface area contributed by atoms with Crippen LogP contribution in [0, 0.1) is 0 Å². The Bertz CT molecular complexity index is 635. The van der Waals surface area contributed by atoms with Crippen molar-refractivity contribution in [3.05, 3.63) is 40.3 Å². The Labute approximate surface area is 147 Å². The first-order chi connectivity index (χ1) is 11.8. The molecule has 2 atom stereocenters. The first-order valence-corrected chi connectivity index (χ1v) is 9.73. The van der Waals surface area contributed by atoms with Crippen LogP contribution in [-0.2, 0) is 24.8 Å². The van der Waals surface area contributed by atoms with Crippen LogP contribution in [0.25, 0.3) is 0 Å². The average Bonchev–Trinajstić information content (AvgIpc) is 3.33. The van der Waals surface area contributed by atoms with Crippen molar-refractivity contribution in [1.29, 1.82) is 0 Å². The topological polar surface area (TPSA) is 33.5 Å². The zero-order valence-corrected chi connectivity index (χ0v) is 15.1. The van der Waals surface area contributed by atoms with Crippen LogP contribution in [0.1, 0.15) is 16.9 Å². The van der Waals surface area contributed by atoms with Crippen LogP contribution in [-0.4, -0.2) is 64.5 Å². The lowest BCUT2D eigenvalue weighted by atomic mass is 10.00. The second-order valence-electron chi connectivity index (χ2n) is 6.85. The summed E-state index contributed by atoms with van der Waals surface area (Å²) in [5.74, 6) is 0. The van der Waals surface area contributed by atoms with Crippen LogP contribution < -0.4 is 0 Å². The maximum Gasteiger partial charge on any atom is 0.0594 e. The molecule has 5 nitrogen and oxygen atoms in total. The van der Waals surface area contributed by atoms with Gasteiger partial charge >= 0.3 is 0 Å². The third kappa shape index (κ3) is 3.57. The first-order valence-electron chi connectivity index (χ1n) is 8.85. The smallest absolute Gasteiger partial charge is 0.0594 e. The summed E-state index contributed by atoms with van der Waals surface area (Å²) < 4.78 is 7.48. The molecule has 0 aromatic carbocycles. The van der Waals surface area contributed by atoms with Gasteiger partial charge in [0.15, 0.2) is 0 Å². The second-order valence-corrected chi connectivity index (χ2v) is 7.88. The number of aromatic nitrogens is 2. The number of likely N-dealkylation sites (tertiary alicyclic amines) is 1. The van der Waals surface area contributed by atoms with Crippen LogP contribution in [0.5, 0.6) is 0 Å². The molecular weight excluding hydrogens is 320 g/mol. The fourth-order valence-corrected chi connectivity index (χ4v) is 4.85. The van der Waals surface area contributed by atoms with E-state index in [9.17, 15) is 0 Å². The SMILES string of the molecule is Cn1cc(C[C@H]2[C@H](N3CCOCC3)CCN2Cc2cccs2)cn1. The van der Waals surface area contributed by atoms with Crippen LogP contribution in [0.2, 0.25) is 0 Å². The summed E-state index contributed by atoms with van der Waals surface area (Å²) >= 11 is 1.87. The lowest BCUT2D eigenvalue weighted by Gasteiger charge is -2.37. The van der Waals surface area contributed by atoms with E-state index in [1.165, 1.54) is 23.4 Å². The van der Waals surface area contributed by atoms with Crippen molar-refractivity contribution in [2.45, 2.75) is 31.5 Å². The van der Waals surface area contributed by atoms with Gasteiger partial charge in [-0.2, -0.15) is 5.10 Å². The number of rotatable bonds is 5. The van der Waals surface area contributed by atoms with Gasteiger partial charge in [-0.05, 0) is 29.9 Å². The van der Waals surface area contributed by atoms with Crippen molar-refractivity contribution in [3.8, 4) is 0 Å². The summed E-state index contributed by atoms with van der Waals surface area (Å²) in [5.41, 5.74) is 1.35. The molecule has 0 N–H and O–H groups in total. The maximum absolute atomic E-state index is 5.56. The second kappa shape index (κ2) is 7.35. The number of morpholine rings is 1. The van der Waals surface area contributed by atoms with E-state index in [1.807, 2.05) is 29.3 Å². The highest BCUT2D eigenvalue weighted by Gasteiger charge is 2.38. The number of hydrogen-bond acceptors (Lipinski definition) is 5. The molecule has 2 aliphatic heterocycles. The van der Waals surface area contributed by atoms with Gasteiger partial charge < -0.3 is 4.74 Å². The number of ether oxygens (including phenoxy) is 1. The molecule has 4 rings (SSSR count). The molecule has 6 heteroatoms. The normalized spacial score (nSPS) is 26.2. The van der Waals surface area contributed by atoms with E-state index in [0.717, 1.165) is 39.3 Å². The molecule has 4 heterocycles. The average molecular weight is 346 g/mol. The predicted octanol–water partition coefficient (Wildman–Crippen LogP) is 2.00. The van der Waals surface area contributed by atoms with E-state index in [1.54, 1.807) is 0 Å². The van der Waals surface area contributed by atoms with Crippen LogP contribution in [0.15, 0.2) is 29.9 Å². The zero-order chi connectivity index (χ0) is 16.4. The van der Waals surface area contributed by atoms with Crippen molar-refractivity contribution in [3.63, 3.8) is 0 Å². The highest BCUT2D eigenvalue weighted by molar-refractivity contribution is 7.09. The van der Waals surface area contributed by atoms with Gasteiger partial charge in [0.1, 0.15) is 0 Å². The molecule has 2 aromatic heterocycles. The number of hydrogen-bond donors (Lipinski definition) is 0. The van der Waals surface area contributed by atoms with Crippen molar-refractivity contribution >= 4 is 11.3 Å². The molecule has 24 heavy (non-hydrogen) atoms. The summed E-state index contributed by atoms with van der Waals surface area (Å²) in [6.45, 7) is 6.15. The van der Waals surface area contributed by atoms with Crippen molar-refractivity contribution in [2.75, 3.05) is 32.8 Å². The van der Waals surface area contributed by atoms with Gasteiger partial charge in [0, 0.05) is 56.4 Å². The summed E-state index contributed by atoms with van der Waals surface area (Å²) in [6, 6.07) is 5.61. The third-order valence-electron chi connectivity index (χ3n) is 5.28. The lowest BCUT2D eigenvalue weighted by molar-refractivity contribution is 0.00794. The minimum Gasteiger partial charge on any atom is -0.379 e. The molecule has 2 saturated heterocycles. The predicted molar refractivity (Wildman–Crippen MR) is 96.2 cm³/mol. The summed E-state index contributed by atoms with van der Waals surface area (Å²) in [7, 11) is 2.00. The molecule has 0 bridgehead atoms. The Balaban J connectivity index is 1.52. The highest BCUT2D eigenvalue weighted by Crippen LogP contribution is 2.29. The van der Waals surface area contributed by atoms with E-state index in [2.05, 4.69) is 38.6 Å². The molecule has 0 radical (unpaired) electrons. The first kappa shape index (κ1) is 16.3. The van der Waals surface area contributed by atoms with Crippen LogP contribution in [0.3, 0.4) is 0 Å². The zero-order valence-electron chi connectivity index (χ0n) is 14.3. The fraction of sp³-hybridized carbons (Fsp3) is 0.611. The van der Waals surface area contributed by atoms with Gasteiger partial charge in [0.2, 0.25) is 0 Å². The van der Waals surface area contributed by atoms with Gasteiger partial charge in [-0.3, -0.25) is 14.5 Å². The molecular formula is C18H26N4OS. The van der Waals surface area contributed by atoms with Crippen molar-refractivity contribution in [2.24, 2.45) is 7.05 Å². The number of nitrogens with zero attached hydrogens (tertiary/aromatic N) is 4. The van der Waals surface area contributed by atoms with Crippen molar-refractivity contribution < 1.29 is 4.74 Å². The van der Waals surface area contributed by atoms with E-state index in [4.69, 9.17) is 4.74 Å². The number of aryl methyl sites for hydroxylation is 1. The molecule has 130 valence electrons. The maximum atomic E-state index is 5.56. The molecule has 0 spiro atoms. The van der Waals surface area contributed by atoms with E-state index < -0.39 is 0 Å². The molecule has 0 saturated carbocycles. The molecule has 0 amide bonds. The van der Waals surface area contributed by atoms with Crippen LogP contribution >= 0.6 is 11.3 Å². The van der Waals surface area contributed by atoms with E-state index >= 15 is 0 Å². The van der Waals surface area contributed by atoms with Gasteiger partial charge in [0.05, 0.1) is 19.4 Å². The van der Waals surface area contributed by atoms with Crippen molar-refractivity contribution in [1.82, 2.24) is 19.6 Å². The molecule has 0 aliphatic carbocycles. The fourth-order valence-electron chi connectivity index (χ4n) is 4.12.